The molecule has 0 aliphatic rings. The Labute approximate surface area is 83.7 Å². The number of hydrogen-bond donors (Lipinski definition) is 2. The number of aromatic nitrogens is 1. The fourth-order valence-electron chi connectivity index (χ4n) is 0.801. The van der Waals surface area contributed by atoms with Crippen molar-refractivity contribution >= 4 is 5.82 Å². The summed E-state index contributed by atoms with van der Waals surface area (Å²) in [6.07, 6.45) is 1.57. The van der Waals surface area contributed by atoms with Crippen molar-refractivity contribution in [3.8, 4) is 5.75 Å². The molecule has 0 aromatic carbocycles. The zero-order valence-corrected chi connectivity index (χ0v) is 8.53. The highest BCUT2D eigenvalue weighted by atomic mass is 16.5. The highest BCUT2D eigenvalue weighted by Crippen LogP contribution is 2.17. The van der Waals surface area contributed by atoms with Crippen LogP contribution in [-0.4, -0.2) is 23.3 Å². The third kappa shape index (κ3) is 3.22. The molecule has 0 radical (unpaired) electrons. The molecule has 1 heterocycles. The van der Waals surface area contributed by atoms with Crippen molar-refractivity contribution in [2.75, 3.05) is 18.9 Å². The summed E-state index contributed by atoms with van der Waals surface area (Å²) in [6.45, 7) is 4.40. The molecule has 4 nitrogen and oxygen atoms in total. The molecule has 1 aromatic rings. The summed E-state index contributed by atoms with van der Waals surface area (Å²) in [5, 5.41) is 9.00. The van der Waals surface area contributed by atoms with E-state index < -0.39 is 0 Å². The Kier molecular flexibility index (Phi) is 3.30. The fraction of sp³-hybridized carbons (Fsp3) is 0.500. The molecule has 0 saturated heterocycles. The number of aliphatic hydroxyl groups is 1. The predicted molar refractivity (Wildman–Crippen MR) is 55.0 cm³/mol. The summed E-state index contributed by atoms with van der Waals surface area (Å²) in [5.74, 6) is 1.14. The van der Waals surface area contributed by atoms with E-state index in [0.717, 1.165) is 0 Å². The minimum absolute atomic E-state index is 0.0927. The van der Waals surface area contributed by atoms with Crippen molar-refractivity contribution < 1.29 is 9.84 Å². The Bertz CT molecular complexity index is 283. The number of ether oxygens (including phenoxy) is 1. The van der Waals surface area contributed by atoms with Gasteiger partial charge in [0.15, 0.2) is 0 Å². The molecule has 1 aromatic heterocycles. The van der Waals surface area contributed by atoms with Crippen LogP contribution in [0.15, 0.2) is 18.3 Å². The topological polar surface area (TPSA) is 68.4 Å². The van der Waals surface area contributed by atoms with Crippen LogP contribution in [0.5, 0.6) is 5.75 Å². The number of rotatable bonds is 4. The molecule has 0 spiro atoms. The third-order valence-corrected chi connectivity index (χ3v) is 1.82. The molecule has 0 saturated carbocycles. The molecule has 0 aliphatic carbocycles. The molecular weight excluding hydrogens is 180 g/mol. The van der Waals surface area contributed by atoms with Crippen LogP contribution in [0.1, 0.15) is 13.8 Å². The van der Waals surface area contributed by atoms with Gasteiger partial charge >= 0.3 is 0 Å². The summed E-state index contributed by atoms with van der Waals surface area (Å²) in [4.78, 5) is 3.90. The van der Waals surface area contributed by atoms with Crippen LogP contribution < -0.4 is 10.5 Å². The lowest BCUT2D eigenvalue weighted by atomic mass is 9.97. The molecule has 1 rings (SSSR count). The van der Waals surface area contributed by atoms with E-state index in [2.05, 4.69) is 4.98 Å². The van der Waals surface area contributed by atoms with Gasteiger partial charge in [-0.05, 0) is 12.1 Å². The highest BCUT2D eigenvalue weighted by molar-refractivity contribution is 5.32. The smallest absolute Gasteiger partial charge is 0.137 e. The van der Waals surface area contributed by atoms with Crippen LogP contribution in [0.2, 0.25) is 0 Å². The van der Waals surface area contributed by atoms with Crippen LogP contribution in [0, 0.1) is 5.41 Å². The van der Waals surface area contributed by atoms with Gasteiger partial charge in [-0.3, -0.25) is 0 Å². The summed E-state index contributed by atoms with van der Waals surface area (Å²) < 4.78 is 5.44. The Balaban J connectivity index is 2.50. The van der Waals surface area contributed by atoms with Gasteiger partial charge in [0.2, 0.25) is 0 Å². The largest absolute Gasteiger partial charge is 0.491 e. The minimum atomic E-state index is -0.235. The van der Waals surface area contributed by atoms with Gasteiger partial charge in [-0.1, -0.05) is 13.8 Å². The monoisotopic (exact) mass is 196 g/mol. The number of nitrogens with two attached hydrogens (primary N) is 1. The zero-order valence-electron chi connectivity index (χ0n) is 8.53. The first-order chi connectivity index (χ1) is 6.53. The molecule has 0 amide bonds. The first-order valence-corrected chi connectivity index (χ1v) is 4.49. The minimum Gasteiger partial charge on any atom is -0.491 e. The van der Waals surface area contributed by atoms with Crippen LogP contribution in [0.3, 0.4) is 0 Å². The molecule has 4 heteroatoms. The van der Waals surface area contributed by atoms with Gasteiger partial charge in [0, 0.05) is 5.41 Å². The fourth-order valence-corrected chi connectivity index (χ4v) is 0.801. The lowest BCUT2D eigenvalue weighted by Crippen LogP contribution is -2.25. The number of aliphatic hydroxyl groups excluding tert-OH is 1. The first-order valence-electron chi connectivity index (χ1n) is 4.49. The Morgan fingerprint density at radius 2 is 2.21 bits per heavy atom. The quantitative estimate of drug-likeness (QED) is 0.755. The van der Waals surface area contributed by atoms with Crippen molar-refractivity contribution in [2.45, 2.75) is 13.8 Å². The summed E-state index contributed by atoms with van der Waals surface area (Å²) in [6, 6.07) is 3.44. The lowest BCUT2D eigenvalue weighted by Gasteiger charge is -2.21. The molecule has 0 bridgehead atoms. The van der Waals surface area contributed by atoms with Crippen LogP contribution in [0.4, 0.5) is 5.82 Å². The zero-order chi connectivity index (χ0) is 10.6. The van der Waals surface area contributed by atoms with Crippen molar-refractivity contribution in [1.82, 2.24) is 4.98 Å². The number of pyridine rings is 1. The van der Waals surface area contributed by atoms with E-state index in [4.69, 9.17) is 15.6 Å². The average molecular weight is 196 g/mol. The number of hydrogen-bond acceptors (Lipinski definition) is 4. The summed E-state index contributed by atoms with van der Waals surface area (Å²) in [5.41, 5.74) is 5.19. The van der Waals surface area contributed by atoms with Crippen LogP contribution in [-0.2, 0) is 0 Å². The van der Waals surface area contributed by atoms with E-state index in [1.54, 1.807) is 18.3 Å². The number of nitrogens with zero attached hydrogens (tertiary/aromatic N) is 1. The number of anilines is 1. The van der Waals surface area contributed by atoms with Crippen molar-refractivity contribution in [3.63, 3.8) is 0 Å². The molecule has 3 N–H and O–H groups in total. The maximum Gasteiger partial charge on any atom is 0.137 e. The van der Waals surface area contributed by atoms with Crippen LogP contribution in [0.25, 0.3) is 0 Å². The van der Waals surface area contributed by atoms with Crippen molar-refractivity contribution in [3.05, 3.63) is 18.3 Å². The molecular formula is C10H16N2O2. The molecule has 14 heavy (non-hydrogen) atoms. The highest BCUT2D eigenvalue weighted by Gasteiger charge is 2.17. The van der Waals surface area contributed by atoms with Gasteiger partial charge in [0.1, 0.15) is 11.6 Å². The van der Waals surface area contributed by atoms with Gasteiger partial charge in [-0.15, -0.1) is 0 Å². The maximum absolute atomic E-state index is 9.00. The lowest BCUT2D eigenvalue weighted by molar-refractivity contribution is 0.0974. The standard InChI is InChI=1S/C10H16N2O2/c1-10(2,6-13)7-14-8-3-4-9(11)12-5-8/h3-5,13H,6-7H2,1-2H3,(H2,11,12). The normalized spacial score (nSPS) is 11.4. The van der Waals surface area contributed by atoms with Crippen molar-refractivity contribution in [2.24, 2.45) is 5.41 Å². The third-order valence-electron chi connectivity index (χ3n) is 1.82. The summed E-state index contributed by atoms with van der Waals surface area (Å²) >= 11 is 0. The molecule has 0 fully saturated rings. The molecule has 0 atom stereocenters. The van der Waals surface area contributed by atoms with E-state index >= 15 is 0 Å². The Morgan fingerprint density at radius 1 is 1.50 bits per heavy atom. The van der Waals surface area contributed by atoms with Gasteiger partial charge in [-0.2, -0.15) is 0 Å². The average Bonchev–Trinajstić information content (AvgIpc) is 2.17. The van der Waals surface area contributed by atoms with E-state index in [1.807, 2.05) is 13.8 Å². The van der Waals surface area contributed by atoms with E-state index in [-0.39, 0.29) is 12.0 Å². The van der Waals surface area contributed by atoms with Gasteiger partial charge in [-0.25, -0.2) is 4.98 Å². The first kappa shape index (κ1) is 10.8. The van der Waals surface area contributed by atoms with Gasteiger partial charge in [0.25, 0.3) is 0 Å². The van der Waals surface area contributed by atoms with Crippen LogP contribution >= 0.6 is 0 Å². The molecule has 0 unspecified atom stereocenters. The Morgan fingerprint density at radius 3 is 2.71 bits per heavy atom. The summed E-state index contributed by atoms with van der Waals surface area (Å²) in [7, 11) is 0. The Hall–Kier alpha value is -1.29. The van der Waals surface area contributed by atoms with Gasteiger partial charge in [0.05, 0.1) is 19.4 Å². The maximum atomic E-state index is 9.00. The molecule has 78 valence electrons. The van der Waals surface area contributed by atoms with E-state index in [1.165, 1.54) is 0 Å². The number of nitrogen functional groups attached to an aromatic ring is 1. The molecule has 0 aliphatic heterocycles. The van der Waals surface area contributed by atoms with E-state index in [0.29, 0.717) is 18.2 Å². The SMILES string of the molecule is CC(C)(CO)COc1ccc(N)nc1. The second kappa shape index (κ2) is 4.28. The van der Waals surface area contributed by atoms with Gasteiger partial charge < -0.3 is 15.6 Å². The van der Waals surface area contributed by atoms with Crippen molar-refractivity contribution in [1.29, 1.82) is 0 Å². The second-order valence-electron chi connectivity index (χ2n) is 4.03. The second-order valence-corrected chi connectivity index (χ2v) is 4.03. The van der Waals surface area contributed by atoms with E-state index in [9.17, 15) is 0 Å². The predicted octanol–water partition coefficient (Wildman–Crippen LogP) is 1.06.